The Bertz CT molecular complexity index is 254. The lowest BCUT2D eigenvalue weighted by atomic mass is 10.0. The van der Waals surface area contributed by atoms with E-state index in [0.29, 0.717) is 13.0 Å². The molecule has 1 N–H and O–H groups in total. The van der Waals surface area contributed by atoms with Crippen molar-refractivity contribution in [3.63, 3.8) is 0 Å². The molecule has 5 heteroatoms. The van der Waals surface area contributed by atoms with Gasteiger partial charge in [-0.05, 0) is 0 Å². The monoisotopic (exact) mass is 199 g/mol. The fraction of sp³-hybridized carbons (Fsp3) is 0.778. The second-order valence-electron chi connectivity index (χ2n) is 3.90. The number of carbonyl (C=O) groups is 2. The van der Waals surface area contributed by atoms with E-state index in [0.717, 1.165) is 4.90 Å². The van der Waals surface area contributed by atoms with Gasteiger partial charge in [-0.2, -0.15) is 0 Å². The Balaban J connectivity index is 2.02. The Morgan fingerprint density at radius 1 is 1.36 bits per heavy atom. The summed E-state index contributed by atoms with van der Waals surface area (Å²) in [7, 11) is 0. The van der Waals surface area contributed by atoms with Gasteiger partial charge in [-0.15, -0.1) is 0 Å². The minimum Gasteiger partial charge on any atom is -0.386 e. The van der Waals surface area contributed by atoms with E-state index in [-0.39, 0.29) is 37.8 Å². The van der Waals surface area contributed by atoms with Crippen molar-refractivity contribution in [1.29, 1.82) is 0 Å². The molecular weight excluding hydrogens is 186 g/mol. The van der Waals surface area contributed by atoms with Gasteiger partial charge in [0, 0.05) is 25.9 Å². The standard InChI is InChI=1S/C9H13NO4/c11-7-1-2-8(12)10(7)5-9(13)3-4-14-6-9/h13H,1-6H2. The molecule has 2 aliphatic rings. The molecule has 0 saturated carbocycles. The van der Waals surface area contributed by atoms with Crippen LogP contribution in [0, 0.1) is 0 Å². The van der Waals surface area contributed by atoms with Gasteiger partial charge in [0.1, 0.15) is 5.60 Å². The Morgan fingerprint density at radius 2 is 2.00 bits per heavy atom. The second-order valence-corrected chi connectivity index (χ2v) is 3.90. The molecule has 78 valence electrons. The van der Waals surface area contributed by atoms with Crippen molar-refractivity contribution in [1.82, 2.24) is 4.90 Å². The van der Waals surface area contributed by atoms with Crippen LogP contribution in [0.25, 0.3) is 0 Å². The molecule has 2 amide bonds. The van der Waals surface area contributed by atoms with E-state index in [1.807, 2.05) is 0 Å². The Labute approximate surface area is 81.6 Å². The van der Waals surface area contributed by atoms with Crippen LogP contribution in [0.5, 0.6) is 0 Å². The molecule has 1 unspecified atom stereocenters. The van der Waals surface area contributed by atoms with Crippen molar-refractivity contribution in [3.8, 4) is 0 Å². The molecule has 1 atom stereocenters. The Kier molecular flexibility index (Phi) is 2.28. The van der Waals surface area contributed by atoms with Crippen molar-refractivity contribution in [2.24, 2.45) is 0 Å². The van der Waals surface area contributed by atoms with Crippen LogP contribution in [-0.2, 0) is 14.3 Å². The van der Waals surface area contributed by atoms with Crippen LogP contribution in [0.2, 0.25) is 0 Å². The Morgan fingerprint density at radius 3 is 2.50 bits per heavy atom. The molecule has 2 fully saturated rings. The van der Waals surface area contributed by atoms with Crippen molar-refractivity contribution >= 4 is 11.8 Å². The SMILES string of the molecule is O=C1CCC(=O)N1CC1(O)CCOC1. The topological polar surface area (TPSA) is 66.8 Å². The Hall–Kier alpha value is -0.940. The average molecular weight is 199 g/mol. The number of rotatable bonds is 2. The summed E-state index contributed by atoms with van der Waals surface area (Å²) in [5.74, 6) is -0.370. The lowest BCUT2D eigenvalue weighted by Gasteiger charge is -2.25. The van der Waals surface area contributed by atoms with E-state index in [4.69, 9.17) is 4.74 Å². The minimum absolute atomic E-state index is 0.0880. The van der Waals surface area contributed by atoms with Crippen molar-refractivity contribution in [3.05, 3.63) is 0 Å². The van der Waals surface area contributed by atoms with Crippen molar-refractivity contribution in [2.75, 3.05) is 19.8 Å². The smallest absolute Gasteiger partial charge is 0.229 e. The lowest BCUT2D eigenvalue weighted by molar-refractivity contribution is -0.142. The number of hydrogen-bond acceptors (Lipinski definition) is 4. The van der Waals surface area contributed by atoms with Gasteiger partial charge in [0.2, 0.25) is 11.8 Å². The summed E-state index contributed by atoms with van der Waals surface area (Å²) in [5, 5.41) is 9.92. The normalized spacial score (nSPS) is 33.1. The number of carbonyl (C=O) groups excluding carboxylic acids is 2. The zero-order chi connectivity index (χ0) is 10.2. The molecule has 0 aromatic carbocycles. The zero-order valence-electron chi connectivity index (χ0n) is 7.86. The fourth-order valence-corrected chi connectivity index (χ4v) is 1.81. The summed E-state index contributed by atoms with van der Waals surface area (Å²) < 4.78 is 5.04. The van der Waals surface area contributed by atoms with Crippen molar-refractivity contribution in [2.45, 2.75) is 24.9 Å². The molecule has 0 spiro atoms. The molecule has 0 aromatic rings. The third-order valence-corrected chi connectivity index (χ3v) is 2.69. The first-order valence-corrected chi connectivity index (χ1v) is 4.74. The molecule has 2 saturated heterocycles. The number of β-amino-alcohol motifs (C(OH)–C–C–N with tert-alkyl or cyclic N) is 1. The fourth-order valence-electron chi connectivity index (χ4n) is 1.81. The highest BCUT2D eigenvalue weighted by Crippen LogP contribution is 2.22. The summed E-state index contributed by atoms with van der Waals surface area (Å²) >= 11 is 0. The third kappa shape index (κ3) is 1.65. The largest absolute Gasteiger partial charge is 0.386 e. The molecule has 14 heavy (non-hydrogen) atoms. The number of nitrogens with zero attached hydrogens (tertiary/aromatic N) is 1. The zero-order valence-corrected chi connectivity index (χ0v) is 7.86. The van der Waals surface area contributed by atoms with E-state index in [1.54, 1.807) is 0 Å². The first-order chi connectivity index (χ1) is 6.61. The van der Waals surface area contributed by atoms with Gasteiger partial charge in [-0.25, -0.2) is 0 Å². The van der Waals surface area contributed by atoms with Crippen LogP contribution in [0.1, 0.15) is 19.3 Å². The summed E-state index contributed by atoms with van der Waals surface area (Å²) in [6, 6.07) is 0. The highest BCUT2D eigenvalue weighted by Gasteiger charge is 2.39. The quantitative estimate of drug-likeness (QED) is 0.596. The van der Waals surface area contributed by atoms with E-state index in [1.165, 1.54) is 0 Å². The number of amides is 2. The number of aliphatic hydroxyl groups is 1. The average Bonchev–Trinajstić information content (AvgIpc) is 2.68. The number of imide groups is 1. The maximum atomic E-state index is 11.3. The van der Waals surface area contributed by atoms with E-state index in [9.17, 15) is 14.7 Å². The molecular formula is C9H13NO4. The van der Waals surface area contributed by atoms with Gasteiger partial charge < -0.3 is 9.84 Å². The third-order valence-electron chi connectivity index (χ3n) is 2.69. The van der Waals surface area contributed by atoms with Crippen molar-refractivity contribution < 1.29 is 19.4 Å². The summed E-state index contributed by atoms with van der Waals surface area (Å²) in [6.07, 6.45) is 1.04. The first kappa shape index (κ1) is 9.61. The van der Waals surface area contributed by atoms with Crippen LogP contribution in [0.15, 0.2) is 0 Å². The molecule has 2 rings (SSSR count). The summed E-state index contributed by atoms with van der Waals surface area (Å²) in [4.78, 5) is 23.7. The molecule has 0 radical (unpaired) electrons. The highest BCUT2D eigenvalue weighted by molar-refractivity contribution is 6.01. The number of hydrogen-bond donors (Lipinski definition) is 1. The van der Waals surface area contributed by atoms with Gasteiger partial charge in [-0.3, -0.25) is 14.5 Å². The predicted molar refractivity (Wildman–Crippen MR) is 46.3 cm³/mol. The van der Waals surface area contributed by atoms with Crippen LogP contribution >= 0.6 is 0 Å². The number of likely N-dealkylation sites (tertiary alicyclic amines) is 1. The first-order valence-electron chi connectivity index (χ1n) is 4.74. The lowest BCUT2D eigenvalue weighted by Crippen LogP contribution is -2.45. The molecule has 5 nitrogen and oxygen atoms in total. The van der Waals surface area contributed by atoms with Gasteiger partial charge in [-0.1, -0.05) is 0 Å². The van der Waals surface area contributed by atoms with Crippen LogP contribution in [0.4, 0.5) is 0 Å². The van der Waals surface area contributed by atoms with E-state index < -0.39 is 5.60 Å². The second kappa shape index (κ2) is 3.33. The van der Waals surface area contributed by atoms with Crippen LogP contribution < -0.4 is 0 Å². The van der Waals surface area contributed by atoms with Crippen LogP contribution in [-0.4, -0.2) is 47.2 Å². The summed E-state index contributed by atoms with van der Waals surface area (Å²) in [5.41, 5.74) is -1.02. The van der Waals surface area contributed by atoms with E-state index in [2.05, 4.69) is 0 Å². The predicted octanol–water partition coefficient (Wildman–Crippen LogP) is -0.713. The van der Waals surface area contributed by atoms with Crippen LogP contribution in [0.3, 0.4) is 0 Å². The molecule has 0 bridgehead atoms. The van der Waals surface area contributed by atoms with Gasteiger partial charge in [0.15, 0.2) is 0 Å². The maximum Gasteiger partial charge on any atom is 0.229 e. The highest BCUT2D eigenvalue weighted by atomic mass is 16.5. The number of ether oxygens (including phenoxy) is 1. The van der Waals surface area contributed by atoms with Gasteiger partial charge in [0.05, 0.1) is 13.2 Å². The minimum atomic E-state index is -1.02. The molecule has 2 heterocycles. The molecule has 2 aliphatic heterocycles. The summed E-state index contributed by atoms with van der Waals surface area (Å²) in [6.45, 7) is 0.793. The van der Waals surface area contributed by atoms with Gasteiger partial charge >= 0.3 is 0 Å². The van der Waals surface area contributed by atoms with Gasteiger partial charge in [0.25, 0.3) is 0 Å². The molecule has 0 aliphatic carbocycles. The maximum absolute atomic E-state index is 11.3. The van der Waals surface area contributed by atoms with E-state index >= 15 is 0 Å². The molecule has 0 aromatic heterocycles.